The number of nitrogens with one attached hydrogen (secondary N) is 1. The summed E-state index contributed by atoms with van der Waals surface area (Å²) in [4.78, 5) is 2.20. The molecule has 0 saturated carbocycles. The summed E-state index contributed by atoms with van der Waals surface area (Å²) in [6, 6.07) is 13.6. The molecule has 1 aromatic carbocycles. The summed E-state index contributed by atoms with van der Waals surface area (Å²) in [6.45, 7) is 0.916. The maximum Gasteiger partial charge on any atom is 0.122 e. The van der Waals surface area contributed by atoms with Gasteiger partial charge in [-0.1, -0.05) is 24.3 Å². The Balaban J connectivity index is 1.60. The average molecular weight is 270 g/mol. The van der Waals surface area contributed by atoms with E-state index >= 15 is 0 Å². The zero-order valence-electron chi connectivity index (χ0n) is 12.2. The first kappa shape index (κ1) is 13.4. The minimum Gasteiger partial charge on any atom is -0.468 e. The fraction of sp³-hybridized carbons (Fsp3) is 0.412. The molecule has 3 nitrogen and oxygen atoms in total. The van der Waals surface area contributed by atoms with Gasteiger partial charge in [-0.2, -0.15) is 0 Å². The molecule has 3 heteroatoms. The topological polar surface area (TPSA) is 28.4 Å². The monoisotopic (exact) mass is 270 g/mol. The van der Waals surface area contributed by atoms with Crippen molar-refractivity contribution in [2.75, 3.05) is 20.6 Å². The van der Waals surface area contributed by atoms with Gasteiger partial charge in [-0.3, -0.25) is 4.90 Å². The molecule has 1 aliphatic carbocycles. The van der Waals surface area contributed by atoms with Gasteiger partial charge in [-0.05, 0) is 50.2 Å². The number of benzene rings is 1. The van der Waals surface area contributed by atoms with Gasteiger partial charge in [0.1, 0.15) is 5.76 Å². The Labute approximate surface area is 120 Å². The molecule has 0 aliphatic heterocycles. The molecule has 0 unspecified atom stereocenters. The molecule has 0 spiro atoms. The number of nitrogens with zero attached hydrogens (tertiary/aromatic N) is 1. The van der Waals surface area contributed by atoms with E-state index in [2.05, 4.69) is 54.6 Å². The van der Waals surface area contributed by atoms with Crippen LogP contribution in [0.25, 0.3) is 0 Å². The molecular formula is C17H22N2O. The molecular weight excluding hydrogens is 248 g/mol. The van der Waals surface area contributed by atoms with Crippen molar-refractivity contribution in [2.24, 2.45) is 0 Å². The van der Waals surface area contributed by atoms with Crippen LogP contribution in [0.1, 0.15) is 22.9 Å². The van der Waals surface area contributed by atoms with E-state index in [-0.39, 0.29) is 6.04 Å². The van der Waals surface area contributed by atoms with Crippen molar-refractivity contribution in [3.05, 3.63) is 59.5 Å². The van der Waals surface area contributed by atoms with E-state index in [0.717, 1.165) is 25.1 Å². The quantitative estimate of drug-likeness (QED) is 0.905. The van der Waals surface area contributed by atoms with Crippen LogP contribution in [0.4, 0.5) is 0 Å². The molecule has 0 saturated heterocycles. The lowest BCUT2D eigenvalue weighted by Gasteiger charge is -2.24. The Hall–Kier alpha value is -1.58. The minimum atomic E-state index is 0.286. The lowest BCUT2D eigenvalue weighted by molar-refractivity contribution is 0.244. The Morgan fingerprint density at radius 1 is 1.15 bits per heavy atom. The first-order valence-electron chi connectivity index (χ1n) is 7.24. The molecule has 1 heterocycles. The molecule has 0 fully saturated rings. The second-order valence-electron chi connectivity index (χ2n) is 5.78. The van der Waals surface area contributed by atoms with E-state index in [4.69, 9.17) is 4.42 Å². The normalized spacial score (nSPS) is 16.6. The summed E-state index contributed by atoms with van der Waals surface area (Å²) in [6.07, 6.45) is 4.01. The molecule has 0 radical (unpaired) electrons. The third-order valence-corrected chi connectivity index (χ3v) is 4.15. The van der Waals surface area contributed by atoms with Gasteiger partial charge in [-0.25, -0.2) is 0 Å². The van der Waals surface area contributed by atoms with Crippen LogP contribution in [-0.4, -0.2) is 31.6 Å². The minimum absolute atomic E-state index is 0.286. The molecule has 2 aromatic rings. The second-order valence-corrected chi connectivity index (χ2v) is 5.78. The number of hydrogen-bond acceptors (Lipinski definition) is 3. The molecule has 106 valence electrons. The Morgan fingerprint density at radius 3 is 2.40 bits per heavy atom. The molecule has 1 atom stereocenters. The van der Waals surface area contributed by atoms with Crippen LogP contribution in [0.15, 0.2) is 47.1 Å². The van der Waals surface area contributed by atoms with Gasteiger partial charge in [0.15, 0.2) is 0 Å². The third kappa shape index (κ3) is 2.79. The van der Waals surface area contributed by atoms with Crippen LogP contribution in [0, 0.1) is 0 Å². The van der Waals surface area contributed by atoms with E-state index in [9.17, 15) is 0 Å². The lowest BCUT2D eigenvalue weighted by atomic mass is 10.1. The second kappa shape index (κ2) is 5.81. The van der Waals surface area contributed by atoms with Crippen LogP contribution in [-0.2, 0) is 12.8 Å². The SMILES string of the molecule is CN(C)[C@H](CNC1Cc2ccccc2C1)c1ccco1. The lowest BCUT2D eigenvalue weighted by Crippen LogP contribution is -2.37. The smallest absolute Gasteiger partial charge is 0.122 e. The Bertz CT molecular complexity index is 523. The van der Waals surface area contributed by atoms with E-state index in [1.807, 2.05) is 6.07 Å². The van der Waals surface area contributed by atoms with Gasteiger partial charge in [0.05, 0.1) is 12.3 Å². The molecule has 0 amide bonds. The first-order chi connectivity index (χ1) is 9.74. The largest absolute Gasteiger partial charge is 0.468 e. The fourth-order valence-electron chi connectivity index (χ4n) is 3.00. The molecule has 0 bridgehead atoms. The first-order valence-corrected chi connectivity index (χ1v) is 7.24. The Kier molecular flexibility index (Phi) is 3.90. The van der Waals surface area contributed by atoms with E-state index in [1.54, 1.807) is 6.26 Å². The van der Waals surface area contributed by atoms with Crippen LogP contribution in [0.2, 0.25) is 0 Å². The van der Waals surface area contributed by atoms with Crippen molar-refractivity contribution >= 4 is 0 Å². The van der Waals surface area contributed by atoms with Crippen molar-refractivity contribution in [3.63, 3.8) is 0 Å². The number of fused-ring (bicyclic) bond motifs is 1. The number of furan rings is 1. The van der Waals surface area contributed by atoms with Gasteiger partial charge in [0.25, 0.3) is 0 Å². The van der Waals surface area contributed by atoms with Crippen molar-refractivity contribution in [3.8, 4) is 0 Å². The van der Waals surface area contributed by atoms with Crippen molar-refractivity contribution in [1.29, 1.82) is 0 Å². The fourth-order valence-corrected chi connectivity index (χ4v) is 3.00. The van der Waals surface area contributed by atoms with Gasteiger partial charge < -0.3 is 9.73 Å². The summed E-state index contributed by atoms with van der Waals surface area (Å²) in [5.74, 6) is 1.03. The summed E-state index contributed by atoms with van der Waals surface area (Å²) >= 11 is 0. The highest BCUT2D eigenvalue weighted by molar-refractivity contribution is 5.33. The predicted octanol–water partition coefficient (Wildman–Crippen LogP) is 2.64. The van der Waals surface area contributed by atoms with E-state index in [1.165, 1.54) is 11.1 Å². The highest BCUT2D eigenvalue weighted by Crippen LogP contribution is 2.23. The van der Waals surface area contributed by atoms with Gasteiger partial charge in [0.2, 0.25) is 0 Å². The van der Waals surface area contributed by atoms with Crippen molar-refractivity contribution in [2.45, 2.75) is 24.9 Å². The summed E-state index contributed by atoms with van der Waals surface area (Å²) in [7, 11) is 4.19. The third-order valence-electron chi connectivity index (χ3n) is 4.15. The van der Waals surface area contributed by atoms with Gasteiger partial charge in [0, 0.05) is 12.6 Å². The molecule has 3 rings (SSSR count). The zero-order chi connectivity index (χ0) is 13.9. The Morgan fingerprint density at radius 2 is 1.85 bits per heavy atom. The van der Waals surface area contributed by atoms with Gasteiger partial charge >= 0.3 is 0 Å². The summed E-state index contributed by atoms with van der Waals surface area (Å²) < 4.78 is 5.55. The predicted molar refractivity (Wildman–Crippen MR) is 80.8 cm³/mol. The van der Waals surface area contributed by atoms with Crippen LogP contribution < -0.4 is 5.32 Å². The zero-order valence-corrected chi connectivity index (χ0v) is 12.2. The molecule has 1 aromatic heterocycles. The van der Waals surface area contributed by atoms with Gasteiger partial charge in [-0.15, -0.1) is 0 Å². The molecule has 1 N–H and O–H groups in total. The van der Waals surface area contributed by atoms with E-state index < -0.39 is 0 Å². The maximum absolute atomic E-state index is 5.55. The average Bonchev–Trinajstić information content (AvgIpc) is 3.06. The van der Waals surface area contributed by atoms with Crippen LogP contribution in [0.3, 0.4) is 0 Å². The molecule has 20 heavy (non-hydrogen) atoms. The highest BCUT2D eigenvalue weighted by Gasteiger charge is 2.23. The molecule has 1 aliphatic rings. The maximum atomic E-state index is 5.55. The number of hydrogen-bond donors (Lipinski definition) is 1. The van der Waals surface area contributed by atoms with E-state index in [0.29, 0.717) is 6.04 Å². The summed E-state index contributed by atoms with van der Waals surface area (Å²) in [5, 5.41) is 3.70. The number of likely N-dealkylation sites (N-methyl/N-ethyl adjacent to an activating group) is 1. The van der Waals surface area contributed by atoms with Crippen molar-refractivity contribution < 1.29 is 4.42 Å². The van der Waals surface area contributed by atoms with Crippen LogP contribution in [0.5, 0.6) is 0 Å². The highest BCUT2D eigenvalue weighted by atomic mass is 16.3. The summed E-state index contributed by atoms with van der Waals surface area (Å²) in [5.41, 5.74) is 2.98. The van der Waals surface area contributed by atoms with Crippen LogP contribution >= 0.6 is 0 Å². The number of rotatable bonds is 5. The van der Waals surface area contributed by atoms with Crippen molar-refractivity contribution in [1.82, 2.24) is 10.2 Å². The standard InChI is InChI=1S/C17H22N2O/c1-19(2)16(17-8-5-9-20-17)12-18-15-10-13-6-3-4-7-14(13)11-15/h3-9,15-16,18H,10-12H2,1-2H3/t16-/m1/s1.